The van der Waals surface area contributed by atoms with Gasteiger partial charge >= 0.3 is 0 Å². The van der Waals surface area contributed by atoms with Gasteiger partial charge in [-0.25, -0.2) is 0 Å². The van der Waals surface area contributed by atoms with Crippen molar-refractivity contribution >= 4 is 43.5 Å². The SMILES string of the molecule is [2H]c1c([2H])c([2H])c(-c2ccc3oc4cc(-c5c6ccccc6c(-c6ccccc6)c6ccccc56)ccc4c3c2)c([2H])c1[2H]. The van der Waals surface area contributed by atoms with Crippen LogP contribution in [0.5, 0.6) is 0 Å². The van der Waals surface area contributed by atoms with Crippen molar-refractivity contribution in [3.05, 3.63) is 145 Å². The van der Waals surface area contributed by atoms with Crippen LogP contribution in [-0.2, 0) is 0 Å². The average Bonchev–Trinajstić information content (AvgIpc) is 3.43. The minimum absolute atomic E-state index is 0.181. The Morgan fingerprint density at radius 3 is 1.64 bits per heavy atom. The molecule has 182 valence electrons. The molecule has 8 rings (SSSR count). The standard InChI is InChI=1S/C38H24O/c1-3-11-25(12-4-1)27-20-22-35-34(23-27)29-21-19-28(24-36(29)39-35)38-32-17-9-7-15-30(32)37(26-13-5-2-6-14-26)31-16-8-10-18-33(31)38/h1-24H/i1D,3D,4D,11D,12D. The molecule has 0 radical (unpaired) electrons. The molecular formula is C38H24O. The third-order valence-corrected chi connectivity index (χ3v) is 7.54. The third kappa shape index (κ3) is 3.48. The second kappa shape index (κ2) is 8.72. The predicted molar refractivity (Wildman–Crippen MR) is 165 cm³/mol. The van der Waals surface area contributed by atoms with Gasteiger partial charge < -0.3 is 4.42 Å². The molecule has 7 aromatic carbocycles. The summed E-state index contributed by atoms with van der Waals surface area (Å²) in [6.45, 7) is 0. The zero-order valence-electron chi connectivity index (χ0n) is 25.9. The maximum atomic E-state index is 8.44. The van der Waals surface area contributed by atoms with Gasteiger partial charge in [0.05, 0.1) is 6.85 Å². The third-order valence-electron chi connectivity index (χ3n) is 7.54. The van der Waals surface area contributed by atoms with Crippen LogP contribution in [0.15, 0.2) is 150 Å². The molecule has 1 nitrogen and oxygen atoms in total. The summed E-state index contributed by atoms with van der Waals surface area (Å²) >= 11 is 0. The summed E-state index contributed by atoms with van der Waals surface area (Å²) in [5.41, 5.74) is 6.68. The first kappa shape index (κ1) is 17.4. The molecule has 0 amide bonds. The number of rotatable bonds is 3. The Morgan fingerprint density at radius 2 is 0.974 bits per heavy atom. The summed E-state index contributed by atoms with van der Waals surface area (Å²) < 4.78 is 47.4. The van der Waals surface area contributed by atoms with Gasteiger partial charge in [-0.1, -0.05) is 121 Å². The van der Waals surface area contributed by atoms with Crippen LogP contribution in [0, 0.1) is 0 Å². The lowest BCUT2D eigenvalue weighted by molar-refractivity contribution is 0.669. The molecule has 0 bridgehead atoms. The Hall–Kier alpha value is -5.14. The quantitative estimate of drug-likeness (QED) is 0.219. The second-order valence-electron chi connectivity index (χ2n) is 9.73. The van der Waals surface area contributed by atoms with Crippen LogP contribution >= 0.6 is 0 Å². The lowest BCUT2D eigenvalue weighted by Gasteiger charge is -2.17. The first-order chi connectivity index (χ1) is 21.4. The van der Waals surface area contributed by atoms with Gasteiger partial charge in [0, 0.05) is 10.8 Å². The van der Waals surface area contributed by atoms with Crippen LogP contribution in [0.3, 0.4) is 0 Å². The smallest absolute Gasteiger partial charge is 0.136 e. The minimum Gasteiger partial charge on any atom is -0.456 e. The highest BCUT2D eigenvalue weighted by molar-refractivity contribution is 6.22. The van der Waals surface area contributed by atoms with Crippen LogP contribution < -0.4 is 0 Å². The summed E-state index contributed by atoms with van der Waals surface area (Å²) in [5, 5.41) is 6.39. The largest absolute Gasteiger partial charge is 0.456 e. The zero-order valence-corrected chi connectivity index (χ0v) is 20.9. The van der Waals surface area contributed by atoms with Gasteiger partial charge in [0.25, 0.3) is 0 Å². The maximum absolute atomic E-state index is 8.44. The second-order valence-corrected chi connectivity index (χ2v) is 9.73. The first-order valence-electron chi connectivity index (χ1n) is 15.4. The molecule has 0 unspecified atom stereocenters. The van der Waals surface area contributed by atoms with Crippen molar-refractivity contribution in [2.24, 2.45) is 0 Å². The minimum atomic E-state index is -0.400. The van der Waals surface area contributed by atoms with E-state index in [1.165, 1.54) is 21.9 Å². The van der Waals surface area contributed by atoms with E-state index in [-0.39, 0.29) is 29.7 Å². The van der Waals surface area contributed by atoms with Gasteiger partial charge in [-0.2, -0.15) is 0 Å². The molecule has 1 aromatic heterocycles. The molecule has 0 aliphatic heterocycles. The molecule has 39 heavy (non-hydrogen) atoms. The van der Waals surface area contributed by atoms with Crippen molar-refractivity contribution in [2.45, 2.75) is 0 Å². The Balaban J connectivity index is 1.36. The normalized spacial score (nSPS) is 13.4. The van der Waals surface area contributed by atoms with E-state index in [1.54, 1.807) is 6.07 Å². The lowest BCUT2D eigenvalue weighted by Crippen LogP contribution is -1.90. The van der Waals surface area contributed by atoms with Crippen molar-refractivity contribution < 1.29 is 11.3 Å². The maximum Gasteiger partial charge on any atom is 0.136 e. The van der Waals surface area contributed by atoms with Crippen LogP contribution in [-0.4, -0.2) is 0 Å². The van der Waals surface area contributed by atoms with E-state index in [4.69, 9.17) is 11.3 Å². The van der Waals surface area contributed by atoms with Gasteiger partial charge in [-0.15, -0.1) is 0 Å². The molecule has 0 saturated heterocycles. The zero-order chi connectivity index (χ0) is 30.1. The molecule has 0 saturated carbocycles. The van der Waals surface area contributed by atoms with Gasteiger partial charge in [-0.3, -0.25) is 0 Å². The highest BCUT2D eigenvalue weighted by Gasteiger charge is 2.17. The van der Waals surface area contributed by atoms with Gasteiger partial charge in [0.1, 0.15) is 11.2 Å². The average molecular weight is 502 g/mol. The molecule has 8 aromatic rings. The fraction of sp³-hybridized carbons (Fsp3) is 0. The van der Waals surface area contributed by atoms with Crippen molar-refractivity contribution in [1.29, 1.82) is 0 Å². The fourth-order valence-electron chi connectivity index (χ4n) is 5.84. The highest BCUT2D eigenvalue weighted by Crippen LogP contribution is 2.44. The molecule has 0 N–H and O–H groups in total. The number of furan rings is 1. The summed E-state index contributed by atoms with van der Waals surface area (Å²) in [5.74, 6) is 0. The van der Waals surface area contributed by atoms with E-state index < -0.39 is 6.04 Å². The Morgan fingerprint density at radius 1 is 0.385 bits per heavy atom. The van der Waals surface area contributed by atoms with Crippen molar-refractivity contribution in [3.8, 4) is 33.4 Å². The highest BCUT2D eigenvalue weighted by atomic mass is 16.3. The number of hydrogen-bond donors (Lipinski definition) is 0. The van der Waals surface area contributed by atoms with E-state index in [9.17, 15) is 0 Å². The van der Waals surface area contributed by atoms with Crippen LogP contribution in [0.2, 0.25) is 0 Å². The van der Waals surface area contributed by atoms with Crippen molar-refractivity contribution in [2.75, 3.05) is 0 Å². The molecule has 0 spiro atoms. The Bertz CT molecular complexity index is 2360. The topological polar surface area (TPSA) is 13.1 Å². The lowest BCUT2D eigenvalue weighted by atomic mass is 9.86. The van der Waals surface area contributed by atoms with Crippen LogP contribution in [0.4, 0.5) is 0 Å². The molecule has 1 heteroatoms. The molecule has 0 atom stereocenters. The summed E-state index contributed by atoms with van der Waals surface area (Å²) in [6.07, 6.45) is 0. The summed E-state index contributed by atoms with van der Waals surface area (Å²) in [4.78, 5) is 0. The first-order valence-corrected chi connectivity index (χ1v) is 12.9. The van der Waals surface area contributed by atoms with E-state index in [0.29, 0.717) is 11.1 Å². The fourth-order valence-corrected chi connectivity index (χ4v) is 5.84. The summed E-state index contributed by atoms with van der Waals surface area (Å²) in [6, 6.07) is 37.7. The van der Waals surface area contributed by atoms with Crippen LogP contribution in [0.1, 0.15) is 6.85 Å². The molecule has 0 aliphatic rings. The van der Waals surface area contributed by atoms with Crippen LogP contribution in [0.25, 0.3) is 76.9 Å². The number of benzene rings is 7. The van der Waals surface area contributed by atoms with E-state index >= 15 is 0 Å². The van der Waals surface area contributed by atoms with Crippen molar-refractivity contribution in [1.82, 2.24) is 0 Å². The van der Waals surface area contributed by atoms with Crippen molar-refractivity contribution in [3.63, 3.8) is 0 Å². The van der Waals surface area contributed by atoms with E-state index in [0.717, 1.165) is 38.3 Å². The predicted octanol–water partition coefficient (Wildman–Crippen LogP) is 10.9. The molecular weight excluding hydrogens is 472 g/mol. The molecule has 0 aliphatic carbocycles. The number of fused-ring (bicyclic) bond motifs is 5. The number of hydrogen-bond acceptors (Lipinski definition) is 1. The van der Waals surface area contributed by atoms with E-state index in [1.807, 2.05) is 18.2 Å². The van der Waals surface area contributed by atoms with E-state index in [2.05, 4.69) is 91.0 Å². The Labute approximate surface area is 233 Å². The summed E-state index contributed by atoms with van der Waals surface area (Å²) in [7, 11) is 0. The van der Waals surface area contributed by atoms with Gasteiger partial charge in [-0.05, 0) is 79.2 Å². The monoisotopic (exact) mass is 501 g/mol. The van der Waals surface area contributed by atoms with Gasteiger partial charge in [0.15, 0.2) is 0 Å². The Kier molecular flexibility index (Phi) is 3.89. The molecule has 0 fully saturated rings. The molecule has 1 heterocycles. The van der Waals surface area contributed by atoms with Gasteiger partial charge in [0.2, 0.25) is 0 Å².